The summed E-state index contributed by atoms with van der Waals surface area (Å²) in [5.41, 5.74) is -0.443. The first kappa shape index (κ1) is 19.3. The number of aromatic carboxylic acids is 1. The van der Waals surface area contributed by atoms with Crippen LogP contribution in [0.15, 0.2) is 42.7 Å². The molecule has 0 aliphatic rings. The van der Waals surface area contributed by atoms with E-state index in [0.29, 0.717) is 11.4 Å². The molecule has 0 unspecified atom stereocenters. The third-order valence-corrected chi connectivity index (χ3v) is 3.80. The first-order chi connectivity index (χ1) is 13.9. The minimum absolute atomic E-state index is 0.0739. The number of rotatable bonds is 4. The highest BCUT2D eigenvalue weighted by Crippen LogP contribution is 2.21. The maximum atomic E-state index is 13.9. The summed E-state index contributed by atoms with van der Waals surface area (Å²) in [7, 11) is 0. The van der Waals surface area contributed by atoms with E-state index in [2.05, 4.69) is 27.4 Å². The van der Waals surface area contributed by atoms with Crippen molar-refractivity contribution in [3.63, 3.8) is 0 Å². The third-order valence-electron chi connectivity index (χ3n) is 3.80. The molecule has 2 aromatic heterocycles. The van der Waals surface area contributed by atoms with E-state index in [1.54, 1.807) is 23.0 Å². The predicted octanol–water partition coefficient (Wildman–Crippen LogP) is 1.27. The fourth-order valence-corrected chi connectivity index (χ4v) is 2.45. The van der Waals surface area contributed by atoms with Crippen molar-refractivity contribution < 1.29 is 19.1 Å². The summed E-state index contributed by atoms with van der Waals surface area (Å²) in [6.45, 7) is 1.49. The fraction of sp³-hybridized carbons (Fsp3) is 0.0500. The van der Waals surface area contributed by atoms with Gasteiger partial charge in [-0.3, -0.25) is 4.79 Å². The molecular formula is C20H11FN5O3-. The number of aromatic nitrogens is 3. The number of benzene rings is 1. The fourth-order valence-electron chi connectivity index (χ4n) is 2.45. The predicted molar refractivity (Wildman–Crippen MR) is 97.3 cm³/mol. The Morgan fingerprint density at radius 3 is 2.62 bits per heavy atom. The number of nitrogens with zero attached hydrogens (tertiary/aromatic N) is 4. The number of nitrogens with one attached hydrogen (secondary N) is 1. The summed E-state index contributed by atoms with van der Waals surface area (Å²) >= 11 is 0. The molecule has 0 spiro atoms. The number of hydrogen-bond acceptors (Lipinski definition) is 6. The van der Waals surface area contributed by atoms with Gasteiger partial charge in [0, 0.05) is 18.0 Å². The lowest BCUT2D eigenvalue weighted by atomic mass is 10.1. The van der Waals surface area contributed by atoms with E-state index in [1.807, 2.05) is 6.07 Å². The van der Waals surface area contributed by atoms with E-state index in [-0.39, 0.29) is 16.9 Å². The lowest BCUT2D eigenvalue weighted by Gasteiger charge is -2.13. The number of amides is 1. The molecule has 0 radical (unpaired) electrons. The van der Waals surface area contributed by atoms with E-state index in [0.717, 1.165) is 12.1 Å². The topological polar surface area (TPSA) is 124 Å². The van der Waals surface area contributed by atoms with Crippen LogP contribution in [-0.4, -0.2) is 26.6 Å². The first-order valence-electron chi connectivity index (χ1n) is 8.14. The second kappa shape index (κ2) is 8.03. The van der Waals surface area contributed by atoms with Crippen molar-refractivity contribution in [2.45, 2.75) is 6.92 Å². The van der Waals surface area contributed by atoms with Gasteiger partial charge in [0.15, 0.2) is 11.5 Å². The van der Waals surface area contributed by atoms with Gasteiger partial charge in [0.1, 0.15) is 11.9 Å². The number of carbonyl (C=O) groups excluding carboxylic acids is 2. The average Bonchev–Trinajstić information content (AvgIpc) is 3.19. The minimum atomic E-state index is -1.66. The SMILES string of the molecule is CC#Cc1cc(NC(=O)c2ccc(-n3ccc(C#N)c3)nn2)c(C(=O)[O-])cc1F. The number of hydrogen-bond donors (Lipinski definition) is 1. The molecule has 0 saturated carbocycles. The van der Waals surface area contributed by atoms with Gasteiger partial charge in [0.25, 0.3) is 5.91 Å². The normalized spacial score (nSPS) is 9.83. The van der Waals surface area contributed by atoms with Gasteiger partial charge in [-0.15, -0.1) is 16.1 Å². The van der Waals surface area contributed by atoms with Crippen LogP contribution >= 0.6 is 0 Å². The second-order valence-corrected chi connectivity index (χ2v) is 5.69. The lowest BCUT2D eigenvalue weighted by Crippen LogP contribution is -2.25. The van der Waals surface area contributed by atoms with Crippen LogP contribution < -0.4 is 10.4 Å². The average molecular weight is 388 g/mol. The number of anilines is 1. The van der Waals surface area contributed by atoms with Crippen molar-refractivity contribution in [3.8, 4) is 23.7 Å². The van der Waals surface area contributed by atoms with Crippen molar-refractivity contribution in [1.29, 1.82) is 5.26 Å². The highest BCUT2D eigenvalue weighted by atomic mass is 19.1. The van der Waals surface area contributed by atoms with Crippen molar-refractivity contribution >= 4 is 17.6 Å². The lowest BCUT2D eigenvalue weighted by molar-refractivity contribution is -0.254. The molecule has 29 heavy (non-hydrogen) atoms. The van der Waals surface area contributed by atoms with Crippen LogP contribution in [0.4, 0.5) is 10.1 Å². The standard InChI is InChI=1S/C20H12FN5O3/c1-2-3-13-8-17(14(20(28)29)9-15(13)21)23-19(27)16-4-5-18(25-24-16)26-7-6-12(10-22)11-26/h4-9,11H,1H3,(H,23,27)(H,28,29)/p-1. The van der Waals surface area contributed by atoms with Crippen molar-refractivity contribution in [3.05, 3.63) is 70.9 Å². The van der Waals surface area contributed by atoms with Crippen LogP contribution in [-0.2, 0) is 0 Å². The highest BCUT2D eigenvalue weighted by Gasteiger charge is 2.15. The number of carboxylic acid groups (broad SMARTS) is 1. The van der Waals surface area contributed by atoms with Crippen molar-refractivity contribution in [1.82, 2.24) is 14.8 Å². The molecule has 0 bridgehead atoms. The van der Waals surface area contributed by atoms with E-state index in [4.69, 9.17) is 5.26 Å². The molecule has 2 heterocycles. The monoisotopic (exact) mass is 388 g/mol. The molecule has 3 rings (SSSR count). The Kier molecular flexibility index (Phi) is 5.33. The van der Waals surface area contributed by atoms with Crippen molar-refractivity contribution in [2.75, 3.05) is 5.32 Å². The Hall–Kier alpha value is -4.50. The zero-order chi connectivity index (χ0) is 21.0. The zero-order valence-corrected chi connectivity index (χ0v) is 14.9. The molecule has 9 heteroatoms. The maximum Gasteiger partial charge on any atom is 0.276 e. The number of carbonyl (C=O) groups is 2. The zero-order valence-electron chi connectivity index (χ0n) is 14.9. The molecular weight excluding hydrogens is 377 g/mol. The summed E-state index contributed by atoms with van der Waals surface area (Å²) in [6, 6.07) is 8.30. The van der Waals surface area contributed by atoms with E-state index < -0.39 is 23.3 Å². The Balaban J connectivity index is 1.88. The number of carboxylic acids is 1. The third kappa shape index (κ3) is 4.10. The maximum absolute atomic E-state index is 13.9. The van der Waals surface area contributed by atoms with E-state index >= 15 is 0 Å². The number of nitriles is 1. The molecule has 0 aliphatic heterocycles. The molecule has 3 aromatic rings. The minimum Gasteiger partial charge on any atom is -0.545 e. The van der Waals surface area contributed by atoms with Gasteiger partial charge >= 0.3 is 0 Å². The van der Waals surface area contributed by atoms with Gasteiger partial charge < -0.3 is 19.8 Å². The van der Waals surface area contributed by atoms with Gasteiger partial charge in [0.2, 0.25) is 0 Å². The quantitative estimate of drug-likeness (QED) is 0.671. The van der Waals surface area contributed by atoms with Gasteiger partial charge in [0.05, 0.1) is 22.8 Å². The summed E-state index contributed by atoms with van der Waals surface area (Å²) in [4.78, 5) is 23.7. The summed E-state index contributed by atoms with van der Waals surface area (Å²) in [6.07, 6.45) is 3.16. The van der Waals surface area contributed by atoms with Crippen LogP contribution in [0, 0.1) is 29.0 Å². The number of halogens is 1. The molecule has 0 atom stereocenters. The van der Waals surface area contributed by atoms with Crippen LogP contribution in [0.25, 0.3) is 5.82 Å². The van der Waals surface area contributed by atoms with Gasteiger partial charge in [-0.2, -0.15) is 5.26 Å². The van der Waals surface area contributed by atoms with Gasteiger partial charge in [-0.1, -0.05) is 5.92 Å². The van der Waals surface area contributed by atoms with Crippen LogP contribution in [0.1, 0.15) is 38.9 Å². The largest absolute Gasteiger partial charge is 0.545 e. The highest BCUT2D eigenvalue weighted by molar-refractivity contribution is 6.06. The Morgan fingerprint density at radius 2 is 2.03 bits per heavy atom. The molecule has 1 aromatic carbocycles. The smallest absolute Gasteiger partial charge is 0.276 e. The van der Waals surface area contributed by atoms with Gasteiger partial charge in [-0.05, 0) is 37.3 Å². The van der Waals surface area contributed by atoms with E-state index in [1.165, 1.54) is 19.1 Å². The Labute approximate surface area is 164 Å². The van der Waals surface area contributed by atoms with Crippen LogP contribution in [0.5, 0.6) is 0 Å². The van der Waals surface area contributed by atoms with Crippen molar-refractivity contribution in [2.24, 2.45) is 0 Å². The Morgan fingerprint density at radius 1 is 1.24 bits per heavy atom. The molecule has 0 aliphatic carbocycles. The molecule has 0 saturated heterocycles. The summed E-state index contributed by atoms with van der Waals surface area (Å²) in [5, 5.41) is 30.2. The molecule has 1 amide bonds. The van der Waals surface area contributed by atoms with Crippen LogP contribution in [0.3, 0.4) is 0 Å². The Bertz CT molecular complexity index is 1210. The van der Waals surface area contributed by atoms with Gasteiger partial charge in [-0.25, -0.2) is 4.39 Å². The van der Waals surface area contributed by atoms with Crippen LogP contribution in [0.2, 0.25) is 0 Å². The molecule has 8 nitrogen and oxygen atoms in total. The first-order valence-corrected chi connectivity index (χ1v) is 8.14. The summed E-state index contributed by atoms with van der Waals surface area (Å²) < 4.78 is 15.5. The molecule has 142 valence electrons. The summed E-state index contributed by atoms with van der Waals surface area (Å²) in [5.74, 6) is 2.11. The second-order valence-electron chi connectivity index (χ2n) is 5.69. The van der Waals surface area contributed by atoms with E-state index in [9.17, 15) is 19.1 Å². The molecule has 0 fully saturated rings. The molecule has 1 N–H and O–H groups in total.